The lowest BCUT2D eigenvalue weighted by Crippen LogP contribution is -2.36. The van der Waals surface area contributed by atoms with Gasteiger partial charge in [0.2, 0.25) is 0 Å². The molecule has 0 spiro atoms. The van der Waals surface area contributed by atoms with Gasteiger partial charge in [-0.2, -0.15) is 0 Å². The first-order valence-corrected chi connectivity index (χ1v) is 4.99. The van der Waals surface area contributed by atoms with Crippen molar-refractivity contribution in [1.29, 1.82) is 0 Å². The maximum atomic E-state index is 13.3. The molecule has 1 rings (SSSR count). The third kappa shape index (κ3) is 2.90. The summed E-state index contributed by atoms with van der Waals surface area (Å²) in [7, 11) is 0. The number of anilines is 1. The lowest BCUT2D eigenvalue weighted by Gasteiger charge is -2.15. The van der Waals surface area contributed by atoms with Crippen LogP contribution in [-0.4, -0.2) is 23.7 Å². The Kier molecular flexibility index (Phi) is 4.05. The van der Waals surface area contributed by atoms with E-state index in [0.717, 1.165) is 0 Å². The van der Waals surface area contributed by atoms with E-state index in [-0.39, 0.29) is 12.2 Å². The van der Waals surface area contributed by atoms with Crippen LogP contribution in [0, 0.1) is 5.82 Å². The first kappa shape index (κ1) is 11.9. The Morgan fingerprint density at radius 1 is 1.67 bits per heavy atom. The molecule has 15 heavy (non-hydrogen) atoms. The highest BCUT2D eigenvalue weighted by Gasteiger charge is 2.17. The second-order valence-corrected chi connectivity index (χ2v) is 3.72. The van der Waals surface area contributed by atoms with Crippen LogP contribution in [0.4, 0.5) is 10.1 Å². The fraction of sp³-hybridized carbons (Fsp3) is 0.222. The molecule has 0 amide bonds. The number of carbonyl (C=O) groups is 1. The molecule has 0 aliphatic rings. The fourth-order valence-electron chi connectivity index (χ4n) is 1.03. The van der Waals surface area contributed by atoms with Gasteiger partial charge in [-0.15, -0.1) is 0 Å². The molecule has 0 aliphatic carbocycles. The molecule has 0 heterocycles. The number of hydrogen-bond acceptors (Lipinski definition) is 3. The first-order chi connectivity index (χ1) is 7.06. The number of rotatable bonds is 4. The van der Waals surface area contributed by atoms with E-state index in [1.54, 1.807) is 6.07 Å². The zero-order valence-electron chi connectivity index (χ0n) is 7.71. The van der Waals surface area contributed by atoms with E-state index in [1.807, 2.05) is 0 Å². The molecule has 0 aliphatic heterocycles. The summed E-state index contributed by atoms with van der Waals surface area (Å²) in [5.41, 5.74) is 5.35. The van der Waals surface area contributed by atoms with Crippen molar-refractivity contribution in [3.63, 3.8) is 0 Å². The maximum absolute atomic E-state index is 13.3. The molecule has 0 bridgehead atoms. The number of carboxylic acids is 1. The molecule has 4 nitrogen and oxygen atoms in total. The predicted octanol–water partition coefficient (Wildman–Crippen LogP) is 1.41. The average Bonchev–Trinajstić information content (AvgIpc) is 2.17. The van der Waals surface area contributed by atoms with Crippen molar-refractivity contribution >= 4 is 27.6 Å². The molecule has 0 saturated heterocycles. The van der Waals surface area contributed by atoms with Crippen molar-refractivity contribution in [2.75, 3.05) is 11.9 Å². The van der Waals surface area contributed by atoms with Crippen molar-refractivity contribution in [2.45, 2.75) is 6.04 Å². The summed E-state index contributed by atoms with van der Waals surface area (Å²) in [6.07, 6.45) is 0. The molecule has 82 valence electrons. The van der Waals surface area contributed by atoms with Crippen LogP contribution in [0.3, 0.4) is 0 Å². The molecular formula is C9H10BrFN2O2. The highest BCUT2D eigenvalue weighted by molar-refractivity contribution is 9.10. The smallest absolute Gasteiger partial charge is 0.327 e. The van der Waals surface area contributed by atoms with Crippen molar-refractivity contribution in [2.24, 2.45) is 5.73 Å². The largest absolute Gasteiger partial charge is 0.480 e. The van der Waals surface area contributed by atoms with Crippen LogP contribution in [0.2, 0.25) is 0 Å². The number of nitrogens with one attached hydrogen (secondary N) is 1. The number of para-hydroxylation sites is 1. The minimum absolute atomic E-state index is 0.107. The standard InChI is InChI=1S/C9H10BrFN2O2/c10-5-2-1-3-6(11)8(5)13-7(4-12)9(14)15/h1-3,7,13H,4,12H2,(H,14,15). The van der Waals surface area contributed by atoms with E-state index in [4.69, 9.17) is 10.8 Å². The summed E-state index contributed by atoms with van der Waals surface area (Å²) in [5, 5.41) is 11.3. The topological polar surface area (TPSA) is 75.3 Å². The van der Waals surface area contributed by atoms with Gasteiger partial charge in [0.25, 0.3) is 0 Å². The van der Waals surface area contributed by atoms with Crippen molar-refractivity contribution in [1.82, 2.24) is 0 Å². The van der Waals surface area contributed by atoms with Gasteiger partial charge in [0.15, 0.2) is 0 Å². The molecule has 0 radical (unpaired) electrons. The molecule has 4 N–H and O–H groups in total. The zero-order valence-corrected chi connectivity index (χ0v) is 9.29. The number of hydrogen-bond donors (Lipinski definition) is 3. The van der Waals surface area contributed by atoms with Gasteiger partial charge in [-0.05, 0) is 28.1 Å². The molecule has 1 unspecified atom stereocenters. The van der Waals surface area contributed by atoms with Gasteiger partial charge in [0.1, 0.15) is 11.9 Å². The van der Waals surface area contributed by atoms with E-state index in [1.165, 1.54) is 12.1 Å². The second kappa shape index (κ2) is 5.09. The van der Waals surface area contributed by atoms with E-state index in [0.29, 0.717) is 4.47 Å². The Balaban J connectivity index is 2.92. The van der Waals surface area contributed by atoms with Crippen LogP contribution in [0.5, 0.6) is 0 Å². The number of carboxylic acid groups (broad SMARTS) is 1. The summed E-state index contributed by atoms with van der Waals surface area (Å²) in [4.78, 5) is 10.7. The predicted molar refractivity (Wildman–Crippen MR) is 58.2 cm³/mol. The van der Waals surface area contributed by atoms with Crippen molar-refractivity contribution < 1.29 is 14.3 Å². The molecule has 1 atom stereocenters. The Hall–Kier alpha value is -1.14. The normalized spacial score (nSPS) is 12.2. The zero-order chi connectivity index (χ0) is 11.4. The van der Waals surface area contributed by atoms with Gasteiger partial charge in [0.05, 0.1) is 5.69 Å². The summed E-state index contributed by atoms with van der Waals surface area (Å²) in [6.45, 7) is -0.115. The Bertz CT molecular complexity index is 353. The van der Waals surface area contributed by atoms with Gasteiger partial charge in [-0.3, -0.25) is 0 Å². The quantitative estimate of drug-likeness (QED) is 0.777. The summed E-state index contributed by atoms with van der Waals surface area (Å²) in [5.74, 6) is -1.64. The van der Waals surface area contributed by atoms with Gasteiger partial charge in [0, 0.05) is 11.0 Å². The fourth-order valence-corrected chi connectivity index (χ4v) is 1.49. The monoisotopic (exact) mass is 276 g/mol. The van der Waals surface area contributed by atoms with Crippen LogP contribution in [0.15, 0.2) is 22.7 Å². The van der Waals surface area contributed by atoms with Crippen LogP contribution in [-0.2, 0) is 4.79 Å². The van der Waals surface area contributed by atoms with Crippen LogP contribution < -0.4 is 11.1 Å². The summed E-state index contributed by atoms with van der Waals surface area (Å²) >= 11 is 3.12. The Labute approximate surface area is 94.4 Å². The van der Waals surface area contributed by atoms with Crippen LogP contribution in [0.25, 0.3) is 0 Å². The Morgan fingerprint density at radius 3 is 2.80 bits per heavy atom. The number of benzene rings is 1. The highest BCUT2D eigenvalue weighted by atomic mass is 79.9. The highest BCUT2D eigenvalue weighted by Crippen LogP contribution is 2.25. The third-order valence-electron chi connectivity index (χ3n) is 1.82. The lowest BCUT2D eigenvalue weighted by atomic mass is 10.2. The van der Waals surface area contributed by atoms with Crippen molar-refractivity contribution in [3.8, 4) is 0 Å². The number of aliphatic carboxylic acids is 1. The number of halogens is 2. The van der Waals surface area contributed by atoms with E-state index in [2.05, 4.69) is 21.2 Å². The molecular weight excluding hydrogens is 267 g/mol. The average molecular weight is 277 g/mol. The minimum Gasteiger partial charge on any atom is -0.480 e. The van der Waals surface area contributed by atoms with E-state index < -0.39 is 17.8 Å². The van der Waals surface area contributed by atoms with Crippen LogP contribution in [0.1, 0.15) is 0 Å². The molecule has 6 heteroatoms. The van der Waals surface area contributed by atoms with Gasteiger partial charge in [-0.25, -0.2) is 9.18 Å². The van der Waals surface area contributed by atoms with Crippen LogP contribution >= 0.6 is 15.9 Å². The maximum Gasteiger partial charge on any atom is 0.327 e. The lowest BCUT2D eigenvalue weighted by molar-refractivity contribution is -0.137. The molecule has 1 aromatic carbocycles. The number of nitrogens with two attached hydrogens (primary N) is 1. The molecule has 0 aromatic heterocycles. The molecule has 0 saturated carbocycles. The van der Waals surface area contributed by atoms with E-state index >= 15 is 0 Å². The minimum atomic E-state index is -1.12. The van der Waals surface area contributed by atoms with Gasteiger partial charge >= 0.3 is 5.97 Å². The Morgan fingerprint density at radius 2 is 2.33 bits per heavy atom. The third-order valence-corrected chi connectivity index (χ3v) is 2.48. The van der Waals surface area contributed by atoms with Gasteiger partial charge in [-0.1, -0.05) is 6.07 Å². The first-order valence-electron chi connectivity index (χ1n) is 4.19. The molecule has 0 fully saturated rings. The van der Waals surface area contributed by atoms with E-state index in [9.17, 15) is 9.18 Å². The SMILES string of the molecule is NCC(Nc1c(F)cccc1Br)C(=O)O. The summed E-state index contributed by atoms with van der Waals surface area (Å²) < 4.78 is 13.7. The van der Waals surface area contributed by atoms with Gasteiger partial charge < -0.3 is 16.2 Å². The molecule has 1 aromatic rings. The van der Waals surface area contributed by atoms with Crippen molar-refractivity contribution in [3.05, 3.63) is 28.5 Å². The summed E-state index contributed by atoms with van der Waals surface area (Å²) in [6, 6.07) is 3.37. The second-order valence-electron chi connectivity index (χ2n) is 2.87.